The zero-order valence-corrected chi connectivity index (χ0v) is 10.2. The Labute approximate surface area is 96.3 Å². The molecule has 1 aromatic rings. The molecule has 0 aliphatic carbocycles. The van der Waals surface area contributed by atoms with Crippen LogP contribution >= 0.6 is 11.8 Å². The van der Waals surface area contributed by atoms with E-state index in [4.69, 9.17) is 0 Å². The maximum Gasteiger partial charge on any atom is 0.0594 e. The summed E-state index contributed by atoms with van der Waals surface area (Å²) in [6.07, 6.45) is 2.07. The molecule has 84 valence electrons. The fourth-order valence-electron chi connectivity index (χ4n) is 1.51. The van der Waals surface area contributed by atoms with Gasteiger partial charge in [0.2, 0.25) is 0 Å². The SMILES string of the molecule is CSC[C@@H](CO)N(C)Cc1ccccc1. The van der Waals surface area contributed by atoms with E-state index in [-0.39, 0.29) is 12.6 Å². The molecule has 0 aromatic heterocycles. The number of nitrogens with zero attached hydrogens (tertiary/aromatic N) is 1. The minimum atomic E-state index is 0.226. The molecular formula is C12H19NOS. The lowest BCUT2D eigenvalue weighted by molar-refractivity contribution is 0.157. The van der Waals surface area contributed by atoms with Crippen LogP contribution in [-0.2, 0) is 6.54 Å². The summed E-state index contributed by atoms with van der Waals surface area (Å²) in [7, 11) is 2.06. The summed E-state index contributed by atoms with van der Waals surface area (Å²) in [4.78, 5) is 2.20. The molecule has 0 fully saturated rings. The van der Waals surface area contributed by atoms with Crippen LogP contribution in [0.5, 0.6) is 0 Å². The average Bonchev–Trinajstić information content (AvgIpc) is 2.27. The smallest absolute Gasteiger partial charge is 0.0594 e. The Morgan fingerprint density at radius 1 is 1.33 bits per heavy atom. The lowest BCUT2D eigenvalue weighted by atomic mass is 10.2. The van der Waals surface area contributed by atoms with Gasteiger partial charge in [-0.1, -0.05) is 30.3 Å². The third-order valence-electron chi connectivity index (χ3n) is 2.47. The lowest BCUT2D eigenvalue weighted by Crippen LogP contribution is -2.36. The van der Waals surface area contributed by atoms with Crippen molar-refractivity contribution in [3.8, 4) is 0 Å². The zero-order valence-electron chi connectivity index (χ0n) is 9.39. The van der Waals surface area contributed by atoms with Crippen LogP contribution in [0.4, 0.5) is 0 Å². The number of likely N-dealkylation sites (N-methyl/N-ethyl adjacent to an activating group) is 1. The normalized spacial score (nSPS) is 13.1. The summed E-state index contributed by atoms with van der Waals surface area (Å²) < 4.78 is 0. The highest BCUT2D eigenvalue weighted by Crippen LogP contribution is 2.09. The molecule has 0 saturated heterocycles. The first-order valence-electron chi connectivity index (χ1n) is 5.12. The molecule has 0 bridgehead atoms. The third-order valence-corrected chi connectivity index (χ3v) is 3.19. The van der Waals surface area contributed by atoms with E-state index in [1.54, 1.807) is 11.8 Å². The van der Waals surface area contributed by atoms with Gasteiger partial charge in [-0.25, -0.2) is 0 Å². The molecule has 0 heterocycles. The Balaban J connectivity index is 2.50. The standard InChI is InChI=1S/C12H19NOS/c1-13(12(9-14)10-15-2)8-11-6-4-3-5-7-11/h3-7,12,14H,8-10H2,1-2H3/t12-/m1/s1. The summed E-state index contributed by atoms with van der Waals surface area (Å²) >= 11 is 1.77. The van der Waals surface area contributed by atoms with Gasteiger partial charge < -0.3 is 5.11 Å². The van der Waals surface area contributed by atoms with Crippen molar-refractivity contribution in [2.75, 3.05) is 25.7 Å². The van der Waals surface area contributed by atoms with Crippen molar-refractivity contribution >= 4 is 11.8 Å². The fourth-order valence-corrected chi connectivity index (χ4v) is 2.26. The molecule has 0 radical (unpaired) electrons. The van der Waals surface area contributed by atoms with Crippen molar-refractivity contribution in [3.63, 3.8) is 0 Å². The topological polar surface area (TPSA) is 23.5 Å². The second-order valence-corrected chi connectivity index (χ2v) is 4.60. The predicted octanol–water partition coefficient (Wildman–Crippen LogP) is 1.84. The van der Waals surface area contributed by atoms with Crippen LogP contribution in [0.15, 0.2) is 30.3 Å². The number of aliphatic hydroxyl groups excluding tert-OH is 1. The van der Waals surface area contributed by atoms with E-state index < -0.39 is 0 Å². The first-order chi connectivity index (χ1) is 7.27. The van der Waals surface area contributed by atoms with Crippen LogP contribution in [0.1, 0.15) is 5.56 Å². The van der Waals surface area contributed by atoms with E-state index in [1.807, 2.05) is 18.2 Å². The first-order valence-corrected chi connectivity index (χ1v) is 6.51. The number of rotatable bonds is 6. The summed E-state index contributed by atoms with van der Waals surface area (Å²) in [6.45, 7) is 1.12. The van der Waals surface area contributed by atoms with E-state index in [9.17, 15) is 5.11 Å². The fraction of sp³-hybridized carbons (Fsp3) is 0.500. The summed E-state index contributed by atoms with van der Waals surface area (Å²) in [5.74, 6) is 0.972. The number of benzene rings is 1. The maximum atomic E-state index is 9.25. The van der Waals surface area contributed by atoms with E-state index in [1.165, 1.54) is 5.56 Å². The predicted molar refractivity (Wildman–Crippen MR) is 67.2 cm³/mol. The van der Waals surface area contributed by atoms with E-state index in [2.05, 4.69) is 30.3 Å². The Kier molecular flexibility index (Phi) is 5.76. The van der Waals surface area contributed by atoms with Crippen LogP contribution in [0.25, 0.3) is 0 Å². The molecule has 0 saturated carbocycles. The van der Waals surface area contributed by atoms with Crippen molar-refractivity contribution < 1.29 is 5.11 Å². The maximum absolute atomic E-state index is 9.25. The van der Waals surface area contributed by atoms with Crippen molar-refractivity contribution in [1.82, 2.24) is 4.90 Å². The Bertz CT molecular complexity index is 266. The molecule has 0 amide bonds. The van der Waals surface area contributed by atoms with Gasteiger partial charge in [-0.3, -0.25) is 4.90 Å². The molecule has 1 atom stereocenters. The molecule has 1 rings (SSSR count). The molecule has 0 spiro atoms. The van der Waals surface area contributed by atoms with E-state index >= 15 is 0 Å². The Morgan fingerprint density at radius 3 is 2.53 bits per heavy atom. The van der Waals surface area contributed by atoms with Crippen molar-refractivity contribution in [1.29, 1.82) is 0 Å². The number of hydrogen-bond donors (Lipinski definition) is 1. The Hall–Kier alpha value is -0.510. The molecule has 1 N–H and O–H groups in total. The van der Waals surface area contributed by atoms with Gasteiger partial charge in [-0.2, -0.15) is 11.8 Å². The molecular weight excluding hydrogens is 206 g/mol. The van der Waals surface area contributed by atoms with Gasteiger partial charge in [0.1, 0.15) is 0 Å². The van der Waals surface area contributed by atoms with E-state index in [0.29, 0.717) is 0 Å². The molecule has 0 unspecified atom stereocenters. The van der Waals surface area contributed by atoms with Crippen molar-refractivity contribution in [2.45, 2.75) is 12.6 Å². The molecule has 2 nitrogen and oxygen atoms in total. The largest absolute Gasteiger partial charge is 0.395 e. The van der Waals surface area contributed by atoms with Crippen LogP contribution in [0.3, 0.4) is 0 Å². The second-order valence-electron chi connectivity index (χ2n) is 3.69. The summed E-state index contributed by atoms with van der Waals surface area (Å²) in [6, 6.07) is 10.6. The zero-order chi connectivity index (χ0) is 11.1. The lowest BCUT2D eigenvalue weighted by Gasteiger charge is -2.25. The average molecular weight is 225 g/mol. The van der Waals surface area contributed by atoms with Gasteiger partial charge in [0, 0.05) is 18.3 Å². The van der Waals surface area contributed by atoms with Crippen LogP contribution in [0, 0.1) is 0 Å². The van der Waals surface area contributed by atoms with Crippen molar-refractivity contribution in [3.05, 3.63) is 35.9 Å². The van der Waals surface area contributed by atoms with Gasteiger partial charge in [0.25, 0.3) is 0 Å². The highest BCUT2D eigenvalue weighted by molar-refractivity contribution is 7.98. The number of hydrogen-bond acceptors (Lipinski definition) is 3. The molecule has 0 aliphatic rings. The van der Waals surface area contributed by atoms with Crippen LogP contribution in [-0.4, -0.2) is 41.7 Å². The quantitative estimate of drug-likeness (QED) is 0.799. The minimum Gasteiger partial charge on any atom is -0.395 e. The molecule has 0 aliphatic heterocycles. The summed E-state index contributed by atoms with van der Waals surface area (Å²) in [5, 5.41) is 9.25. The molecule has 1 aromatic carbocycles. The number of thioether (sulfide) groups is 1. The highest BCUT2D eigenvalue weighted by Gasteiger charge is 2.12. The first kappa shape index (κ1) is 12.6. The van der Waals surface area contributed by atoms with Gasteiger partial charge in [-0.15, -0.1) is 0 Å². The third kappa shape index (κ3) is 4.24. The van der Waals surface area contributed by atoms with Crippen LogP contribution in [0.2, 0.25) is 0 Å². The van der Waals surface area contributed by atoms with Gasteiger partial charge in [-0.05, 0) is 18.9 Å². The van der Waals surface area contributed by atoms with E-state index in [0.717, 1.165) is 12.3 Å². The van der Waals surface area contributed by atoms with Gasteiger partial charge >= 0.3 is 0 Å². The highest BCUT2D eigenvalue weighted by atomic mass is 32.2. The molecule has 15 heavy (non-hydrogen) atoms. The van der Waals surface area contributed by atoms with Gasteiger partial charge in [0.05, 0.1) is 6.61 Å². The monoisotopic (exact) mass is 225 g/mol. The van der Waals surface area contributed by atoms with Crippen LogP contribution < -0.4 is 0 Å². The minimum absolute atomic E-state index is 0.226. The van der Waals surface area contributed by atoms with Gasteiger partial charge in [0.15, 0.2) is 0 Å². The second kappa shape index (κ2) is 6.88. The summed E-state index contributed by atoms with van der Waals surface area (Å²) in [5.41, 5.74) is 1.29. The van der Waals surface area contributed by atoms with Crippen molar-refractivity contribution in [2.24, 2.45) is 0 Å². The Morgan fingerprint density at radius 2 is 2.00 bits per heavy atom. The number of aliphatic hydroxyl groups is 1. The molecule has 3 heteroatoms.